The lowest BCUT2D eigenvalue weighted by atomic mass is 10.0. The molecule has 0 bridgehead atoms. The van der Waals surface area contributed by atoms with Crippen molar-refractivity contribution in [2.45, 2.75) is 13.8 Å². The second-order valence-corrected chi connectivity index (χ2v) is 8.45. The molecule has 0 aliphatic heterocycles. The van der Waals surface area contributed by atoms with E-state index in [0.29, 0.717) is 39.5 Å². The van der Waals surface area contributed by atoms with E-state index in [4.69, 9.17) is 4.99 Å². The van der Waals surface area contributed by atoms with Gasteiger partial charge in [-0.3, -0.25) is 20.2 Å². The molecule has 0 saturated heterocycles. The van der Waals surface area contributed by atoms with E-state index < -0.39 is 4.92 Å². The van der Waals surface area contributed by atoms with Gasteiger partial charge in [0.1, 0.15) is 0 Å². The maximum absolute atomic E-state index is 11.4. The summed E-state index contributed by atoms with van der Waals surface area (Å²) >= 11 is 0. The molecule has 0 aliphatic carbocycles. The van der Waals surface area contributed by atoms with Crippen molar-refractivity contribution < 1.29 is 14.8 Å². The first-order valence-electron chi connectivity index (χ1n) is 11.4. The second kappa shape index (κ2) is 9.42. The predicted octanol–water partition coefficient (Wildman–Crippen LogP) is 5.61. The van der Waals surface area contributed by atoms with Crippen LogP contribution in [0.15, 0.2) is 77.8 Å². The summed E-state index contributed by atoms with van der Waals surface area (Å²) in [6, 6.07) is 21.0. The second-order valence-electron chi connectivity index (χ2n) is 8.45. The zero-order chi connectivity index (χ0) is 26.1. The van der Waals surface area contributed by atoms with Crippen molar-refractivity contribution >= 4 is 39.8 Å². The standard InChI is InChI=1S/C27H22N6O4/c1-15-24(32-27(28-15)29-16(2)34)18-8-10-19(11-9-18)30-25(17-6-4-3-5-7-17)23-21-14-20(33(36)37)12-13-22(21)31-26(23)35/h3-14,31,35H,1-2H3,(H2,28,29,32,34). The van der Waals surface area contributed by atoms with Crippen LogP contribution in [0.3, 0.4) is 0 Å². The summed E-state index contributed by atoms with van der Waals surface area (Å²) in [5, 5.41) is 25.3. The molecule has 5 rings (SSSR count). The van der Waals surface area contributed by atoms with E-state index in [1.165, 1.54) is 19.1 Å². The number of aryl methyl sites for hydroxylation is 1. The van der Waals surface area contributed by atoms with Crippen LogP contribution in [0.5, 0.6) is 5.88 Å². The molecule has 0 spiro atoms. The Morgan fingerprint density at radius 3 is 2.46 bits per heavy atom. The van der Waals surface area contributed by atoms with Crippen LogP contribution in [0.2, 0.25) is 0 Å². The van der Waals surface area contributed by atoms with Crippen LogP contribution in [-0.4, -0.2) is 36.6 Å². The molecule has 0 atom stereocenters. The average Bonchev–Trinajstić information content (AvgIpc) is 3.40. The van der Waals surface area contributed by atoms with Crippen LogP contribution in [-0.2, 0) is 4.79 Å². The van der Waals surface area contributed by atoms with Gasteiger partial charge in [0, 0.05) is 46.8 Å². The number of imidazole rings is 1. The number of nitro benzene ring substituents is 1. The number of anilines is 1. The molecular weight excluding hydrogens is 472 g/mol. The molecule has 2 heterocycles. The van der Waals surface area contributed by atoms with Gasteiger partial charge in [0.2, 0.25) is 11.9 Å². The molecule has 1 amide bonds. The van der Waals surface area contributed by atoms with Gasteiger partial charge in [-0.1, -0.05) is 42.5 Å². The maximum Gasteiger partial charge on any atom is 0.270 e. The van der Waals surface area contributed by atoms with Gasteiger partial charge >= 0.3 is 0 Å². The van der Waals surface area contributed by atoms with Crippen molar-refractivity contribution in [2.24, 2.45) is 4.99 Å². The first-order chi connectivity index (χ1) is 17.8. The summed E-state index contributed by atoms with van der Waals surface area (Å²) in [5.74, 6) is 0.0222. The highest BCUT2D eigenvalue weighted by Gasteiger charge is 2.21. The van der Waals surface area contributed by atoms with Crippen LogP contribution >= 0.6 is 0 Å². The number of fused-ring (bicyclic) bond motifs is 1. The molecule has 0 aliphatic rings. The van der Waals surface area contributed by atoms with E-state index in [1.54, 1.807) is 6.07 Å². The van der Waals surface area contributed by atoms with Crippen molar-refractivity contribution in [2.75, 3.05) is 5.32 Å². The largest absolute Gasteiger partial charge is 0.494 e. The Labute approximate surface area is 210 Å². The fourth-order valence-corrected chi connectivity index (χ4v) is 4.17. The zero-order valence-corrected chi connectivity index (χ0v) is 19.9. The molecule has 2 aromatic heterocycles. The number of hydrogen-bond acceptors (Lipinski definition) is 6. The summed E-state index contributed by atoms with van der Waals surface area (Å²) in [5.41, 5.74) is 4.97. The van der Waals surface area contributed by atoms with Gasteiger partial charge in [0.05, 0.1) is 27.6 Å². The topological polar surface area (TPSA) is 149 Å². The highest BCUT2D eigenvalue weighted by atomic mass is 16.6. The average molecular weight is 495 g/mol. The summed E-state index contributed by atoms with van der Waals surface area (Å²) in [6.45, 7) is 3.28. The summed E-state index contributed by atoms with van der Waals surface area (Å²) in [7, 11) is 0. The van der Waals surface area contributed by atoms with Gasteiger partial charge in [-0.15, -0.1) is 0 Å². The van der Waals surface area contributed by atoms with Crippen LogP contribution in [0.1, 0.15) is 23.7 Å². The van der Waals surface area contributed by atoms with Gasteiger partial charge in [0.15, 0.2) is 5.88 Å². The Kier molecular flexibility index (Phi) is 5.98. The first kappa shape index (κ1) is 23.5. The third kappa shape index (κ3) is 4.67. The number of nitro groups is 1. The van der Waals surface area contributed by atoms with Crippen molar-refractivity contribution in [1.82, 2.24) is 15.0 Å². The summed E-state index contributed by atoms with van der Waals surface area (Å²) in [6.07, 6.45) is 0. The molecule has 0 saturated carbocycles. The molecule has 184 valence electrons. The molecule has 10 heteroatoms. The van der Waals surface area contributed by atoms with Gasteiger partial charge in [-0.2, -0.15) is 0 Å². The van der Waals surface area contributed by atoms with Crippen molar-refractivity contribution in [3.63, 3.8) is 0 Å². The number of nitrogens with zero attached hydrogens (tertiary/aromatic N) is 3. The van der Waals surface area contributed by atoms with Crippen LogP contribution in [0.25, 0.3) is 22.2 Å². The Morgan fingerprint density at radius 1 is 1.05 bits per heavy atom. The Hall–Kier alpha value is -5.25. The lowest BCUT2D eigenvalue weighted by molar-refractivity contribution is -0.384. The highest BCUT2D eigenvalue weighted by Crippen LogP contribution is 2.34. The quantitative estimate of drug-likeness (QED) is 0.138. The molecule has 10 nitrogen and oxygen atoms in total. The highest BCUT2D eigenvalue weighted by molar-refractivity contribution is 6.22. The Bertz CT molecular complexity index is 1670. The number of H-pyrrole nitrogens is 2. The number of rotatable bonds is 6. The maximum atomic E-state index is 11.4. The van der Waals surface area contributed by atoms with E-state index >= 15 is 0 Å². The molecule has 3 aromatic carbocycles. The fraction of sp³-hybridized carbons (Fsp3) is 0.0741. The molecule has 0 fully saturated rings. The first-order valence-corrected chi connectivity index (χ1v) is 11.4. The molecule has 5 aromatic rings. The number of carbonyl (C=O) groups is 1. The number of nitrogens with one attached hydrogen (secondary N) is 3. The Balaban J connectivity index is 1.60. The molecule has 0 radical (unpaired) electrons. The minimum absolute atomic E-state index is 0.0856. The Morgan fingerprint density at radius 2 is 1.78 bits per heavy atom. The van der Waals surface area contributed by atoms with Crippen molar-refractivity contribution in [3.8, 4) is 17.1 Å². The summed E-state index contributed by atoms with van der Waals surface area (Å²) in [4.78, 5) is 37.5. The summed E-state index contributed by atoms with van der Waals surface area (Å²) < 4.78 is 0. The van der Waals surface area contributed by atoms with E-state index in [0.717, 1.165) is 16.8 Å². The number of aromatic hydroxyl groups is 1. The third-order valence-electron chi connectivity index (χ3n) is 5.82. The third-order valence-corrected chi connectivity index (χ3v) is 5.82. The number of aliphatic imine (C=N–C) groups is 1. The SMILES string of the molecule is CC(=O)Nc1nc(-c2ccc(N=C(c3ccccc3)c3c(O)[nH]c4ccc([N+](=O)[O-])cc34)cc2)c(C)[nH]1. The van der Waals surface area contributed by atoms with E-state index in [1.807, 2.05) is 61.5 Å². The van der Waals surface area contributed by atoms with Gasteiger partial charge < -0.3 is 15.1 Å². The number of non-ortho nitro benzene ring substituents is 1. The molecule has 4 N–H and O–H groups in total. The number of benzene rings is 3. The van der Waals surface area contributed by atoms with Crippen LogP contribution in [0.4, 0.5) is 17.3 Å². The van der Waals surface area contributed by atoms with Gasteiger partial charge in [0.25, 0.3) is 5.69 Å². The van der Waals surface area contributed by atoms with Crippen molar-refractivity contribution in [3.05, 3.63) is 99.7 Å². The zero-order valence-electron chi connectivity index (χ0n) is 19.9. The number of hydrogen-bond donors (Lipinski definition) is 4. The van der Waals surface area contributed by atoms with E-state index in [9.17, 15) is 20.0 Å². The van der Waals surface area contributed by atoms with Gasteiger partial charge in [-0.25, -0.2) is 9.98 Å². The monoisotopic (exact) mass is 494 g/mol. The lowest BCUT2D eigenvalue weighted by Gasteiger charge is -2.08. The molecular formula is C27H22N6O4. The minimum Gasteiger partial charge on any atom is -0.494 e. The smallest absolute Gasteiger partial charge is 0.270 e. The van der Waals surface area contributed by atoms with Gasteiger partial charge in [-0.05, 0) is 25.1 Å². The van der Waals surface area contributed by atoms with Crippen molar-refractivity contribution in [1.29, 1.82) is 0 Å². The number of aromatic amines is 2. The van der Waals surface area contributed by atoms with Crippen LogP contribution in [0, 0.1) is 17.0 Å². The number of carbonyl (C=O) groups excluding carboxylic acids is 1. The number of amides is 1. The fourth-order valence-electron chi connectivity index (χ4n) is 4.17. The van der Waals surface area contributed by atoms with Crippen LogP contribution < -0.4 is 5.32 Å². The number of aromatic nitrogens is 3. The van der Waals surface area contributed by atoms with E-state index in [2.05, 4.69) is 20.3 Å². The van der Waals surface area contributed by atoms with E-state index in [-0.39, 0.29) is 17.5 Å². The minimum atomic E-state index is -0.473. The predicted molar refractivity (Wildman–Crippen MR) is 141 cm³/mol. The molecule has 0 unspecified atom stereocenters. The molecule has 37 heavy (non-hydrogen) atoms. The normalized spacial score (nSPS) is 11.6. The lowest BCUT2D eigenvalue weighted by Crippen LogP contribution is -2.06.